The van der Waals surface area contributed by atoms with Gasteiger partial charge in [-0.05, 0) is 24.1 Å². The average molecular weight is 376 g/mol. The lowest BCUT2D eigenvalue weighted by Gasteiger charge is -2.31. The van der Waals surface area contributed by atoms with Crippen LogP contribution in [0.2, 0.25) is 0 Å². The normalized spacial score (nSPS) is 15.4. The fraction of sp³-hybridized carbons (Fsp3) is 0.318. The number of rotatable bonds is 5. The molecule has 1 aromatic heterocycles. The molecule has 0 bridgehead atoms. The Hall–Kier alpha value is -2.99. The molecule has 0 spiro atoms. The lowest BCUT2D eigenvalue weighted by Crippen LogP contribution is -2.48. The largest absolute Gasteiger partial charge is 0.378 e. The van der Waals surface area contributed by atoms with Gasteiger partial charge in [-0.25, -0.2) is 9.97 Å². The Balaban J connectivity index is 1.66. The fourth-order valence-corrected chi connectivity index (χ4v) is 3.61. The number of nitrogens with zero attached hydrogens (tertiary/aromatic N) is 3. The van der Waals surface area contributed by atoms with Gasteiger partial charge in [-0.1, -0.05) is 42.5 Å². The van der Waals surface area contributed by atoms with Gasteiger partial charge in [0.15, 0.2) is 0 Å². The highest BCUT2D eigenvalue weighted by atomic mass is 16.5. The zero-order chi connectivity index (χ0) is 19.3. The standard InChI is InChI=1S/C22H24N4O2/c1-16-6-5-9-18-20(16)21(24-15-23-18)25-19(14-17-7-3-2-4-8-17)22(27)26-10-12-28-13-11-26/h2-9,15,19H,10-14H2,1H3,(H,23,24,25). The molecule has 6 heteroatoms. The molecule has 1 amide bonds. The van der Waals surface area contributed by atoms with Crippen LogP contribution in [0.1, 0.15) is 11.1 Å². The lowest BCUT2D eigenvalue weighted by atomic mass is 10.0. The monoisotopic (exact) mass is 376 g/mol. The summed E-state index contributed by atoms with van der Waals surface area (Å²) in [7, 11) is 0. The molecule has 28 heavy (non-hydrogen) atoms. The average Bonchev–Trinajstić information content (AvgIpc) is 2.74. The van der Waals surface area contributed by atoms with E-state index in [2.05, 4.69) is 15.3 Å². The van der Waals surface area contributed by atoms with Crippen molar-refractivity contribution in [1.82, 2.24) is 14.9 Å². The number of carbonyl (C=O) groups is 1. The zero-order valence-corrected chi connectivity index (χ0v) is 16.0. The summed E-state index contributed by atoms with van der Waals surface area (Å²) in [5.41, 5.74) is 3.06. The van der Waals surface area contributed by atoms with E-state index in [0.29, 0.717) is 38.5 Å². The van der Waals surface area contributed by atoms with Gasteiger partial charge in [-0.2, -0.15) is 0 Å². The van der Waals surface area contributed by atoms with Gasteiger partial charge in [0, 0.05) is 24.9 Å². The van der Waals surface area contributed by atoms with E-state index in [1.807, 2.05) is 60.4 Å². The summed E-state index contributed by atoms with van der Waals surface area (Å²) < 4.78 is 5.40. The van der Waals surface area contributed by atoms with E-state index in [-0.39, 0.29) is 5.91 Å². The van der Waals surface area contributed by atoms with E-state index in [0.717, 1.165) is 22.0 Å². The Labute approximate surface area is 164 Å². The third-order valence-electron chi connectivity index (χ3n) is 5.09. The van der Waals surface area contributed by atoms with Crippen LogP contribution in [0.5, 0.6) is 0 Å². The van der Waals surface area contributed by atoms with Crippen molar-refractivity contribution in [2.45, 2.75) is 19.4 Å². The SMILES string of the molecule is Cc1cccc2ncnc(NC(Cc3ccccc3)C(=O)N3CCOCC3)c12. The van der Waals surface area contributed by atoms with Gasteiger partial charge in [-0.3, -0.25) is 4.79 Å². The number of hydrogen-bond acceptors (Lipinski definition) is 5. The van der Waals surface area contributed by atoms with E-state index in [1.54, 1.807) is 6.33 Å². The van der Waals surface area contributed by atoms with Crippen LogP contribution in [0.3, 0.4) is 0 Å². The third kappa shape index (κ3) is 3.97. The summed E-state index contributed by atoms with van der Waals surface area (Å²) in [5, 5.41) is 4.38. The Kier molecular flexibility index (Phi) is 5.48. The molecule has 144 valence electrons. The maximum atomic E-state index is 13.3. The third-order valence-corrected chi connectivity index (χ3v) is 5.09. The van der Waals surface area contributed by atoms with Crippen LogP contribution in [0.15, 0.2) is 54.9 Å². The Morgan fingerprint density at radius 1 is 1.11 bits per heavy atom. The van der Waals surface area contributed by atoms with Crippen molar-refractivity contribution in [3.05, 3.63) is 66.0 Å². The highest BCUT2D eigenvalue weighted by Gasteiger charge is 2.27. The van der Waals surface area contributed by atoms with Crippen molar-refractivity contribution in [3.8, 4) is 0 Å². The topological polar surface area (TPSA) is 67.4 Å². The van der Waals surface area contributed by atoms with E-state index in [1.165, 1.54) is 0 Å². The molecule has 2 aromatic carbocycles. The van der Waals surface area contributed by atoms with Crippen LogP contribution >= 0.6 is 0 Å². The smallest absolute Gasteiger partial charge is 0.245 e. The molecule has 1 aliphatic heterocycles. The van der Waals surface area contributed by atoms with Crippen molar-refractivity contribution >= 4 is 22.6 Å². The number of fused-ring (bicyclic) bond motifs is 1. The first-order chi connectivity index (χ1) is 13.7. The number of nitrogens with one attached hydrogen (secondary N) is 1. The van der Waals surface area contributed by atoms with E-state index >= 15 is 0 Å². The Bertz CT molecular complexity index is 950. The molecular weight excluding hydrogens is 352 g/mol. The van der Waals surface area contributed by atoms with Gasteiger partial charge < -0.3 is 15.0 Å². The summed E-state index contributed by atoms with van der Waals surface area (Å²) in [5.74, 6) is 0.776. The molecule has 3 aromatic rings. The van der Waals surface area contributed by atoms with Crippen molar-refractivity contribution in [2.75, 3.05) is 31.6 Å². The number of carbonyl (C=O) groups excluding carboxylic acids is 1. The maximum Gasteiger partial charge on any atom is 0.245 e. The van der Waals surface area contributed by atoms with E-state index in [9.17, 15) is 4.79 Å². The number of amides is 1. The van der Waals surface area contributed by atoms with Crippen molar-refractivity contribution in [2.24, 2.45) is 0 Å². The summed E-state index contributed by atoms with van der Waals surface area (Å²) in [6.07, 6.45) is 2.14. The molecule has 6 nitrogen and oxygen atoms in total. The molecule has 1 aliphatic rings. The molecule has 1 unspecified atom stereocenters. The van der Waals surface area contributed by atoms with Crippen LogP contribution in [0, 0.1) is 6.92 Å². The Morgan fingerprint density at radius 3 is 2.68 bits per heavy atom. The zero-order valence-electron chi connectivity index (χ0n) is 16.0. The fourth-order valence-electron chi connectivity index (χ4n) is 3.61. The summed E-state index contributed by atoms with van der Waals surface area (Å²) in [6, 6.07) is 15.6. The van der Waals surface area contributed by atoms with Crippen LogP contribution in [0.25, 0.3) is 10.9 Å². The second kappa shape index (κ2) is 8.35. The van der Waals surface area contributed by atoms with Crippen molar-refractivity contribution in [1.29, 1.82) is 0 Å². The molecule has 1 atom stereocenters. The second-order valence-corrected chi connectivity index (χ2v) is 7.02. The molecule has 0 saturated carbocycles. The predicted octanol–water partition coefficient (Wildman–Crippen LogP) is 2.82. The number of morpholine rings is 1. The van der Waals surface area contributed by atoms with Crippen molar-refractivity contribution in [3.63, 3.8) is 0 Å². The number of hydrogen-bond donors (Lipinski definition) is 1. The minimum absolute atomic E-state index is 0.0764. The maximum absolute atomic E-state index is 13.3. The Morgan fingerprint density at radius 2 is 1.89 bits per heavy atom. The van der Waals surface area contributed by atoms with Gasteiger partial charge in [0.1, 0.15) is 18.2 Å². The van der Waals surface area contributed by atoms with Gasteiger partial charge in [0.25, 0.3) is 0 Å². The summed E-state index contributed by atoms with van der Waals surface area (Å²) in [4.78, 5) is 24.0. The molecule has 1 N–H and O–H groups in total. The number of anilines is 1. The highest BCUT2D eigenvalue weighted by Crippen LogP contribution is 2.24. The number of benzene rings is 2. The van der Waals surface area contributed by atoms with Crippen LogP contribution in [0.4, 0.5) is 5.82 Å². The highest BCUT2D eigenvalue weighted by molar-refractivity contribution is 5.94. The van der Waals surface area contributed by atoms with E-state index in [4.69, 9.17) is 4.74 Å². The first kappa shape index (κ1) is 18.4. The first-order valence-corrected chi connectivity index (χ1v) is 9.60. The predicted molar refractivity (Wildman–Crippen MR) is 109 cm³/mol. The van der Waals surface area contributed by atoms with Gasteiger partial charge in [-0.15, -0.1) is 0 Å². The minimum atomic E-state index is -0.404. The molecule has 1 fully saturated rings. The van der Waals surface area contributed by atoms with Gasteiger partial charge in [0.2, 0.25) is 5.91 Å². The summed E-state index contributed by atoms with van der Waals surface area (Å²) in [6.45, 7) is 4.44. The molecule has 0 aliphatic carbocycles. The first-order valence-electron chi connectivity index (χ1n) is 9.60. The molecule has 4 rings (SSSR count). The number of ether oxygens (including phenoxy) is 1. The van der Waals surface area contributed by atoms with Crippen LogP contribution in [-0.4, -0.2) is 53.1 Å². The molecular formula is C22H24N4O2. The minimum Gasteiger partial charge on any atom is -0.378 e. The molecule has 2 heterocycles. The van der Waals surface area contributed by atoms with E-state index < -0.39 is 6.04 Å². The number of aryl methyl sites for hydroxylation is 1. The van der Waals surface area contributed by atoms with Gasteiger partial charge >= 0.3 is 0 Å². The van der Waals surface area contributed by atoms with Crippen molar-refractivity contribution < 1.29 is 9.53 Å². The lowest BCUT2D eigenvalue weighted by molar-refractivity contribution is -0.136. The molecule has 1 saturated heterocycles. The molecule has 0 radical (unpaired) electrons. The van der Waals surface area contributed by atoms with Crippen LogP contribution < -0.4 is 5.32 Å². The number of aromatic nitrogens is 2. The van der Waals surface area contributed by atoms with Gasteiger partial charge in [0.05, 0.1) is 18.7 Å². The second-order valence-electron chi connectivity index (χ2n) is 7.02. The van der Waals surface area contributed by atoms with Crippen LogP contribution in [-0.2, 0) is 16.0 Å². The quantitative estimate of drug-likeness (QED) is 0.742. The summed E-state index contributed by atoms with van der Waals surface area (Å²) >= 11 is 0.